The Bertz CT molecular complexity index is 679. The Hall–Kier alpha value is -1.79. The number of ether oxygens (including phenoxy) is 2. The summed E-state index contributed by atoms with van der Waals surface area (Å²) in [6.07, 6.45) is 3.60. The first-order valence-corrected chi connectivity index (χ1v) is 9.98. The molecule has 0 N–H and O–H groups in total. The van der Waals surface area contributed by atoms with Crippen molar-refractivity contribution in [2.75, 3.05) is 0 Å². The van der Waals surface area contributed by atoms with Crippen LogP contribution in [0.25, 0.3) is 0 Å². The van der Waals surface area contributed by atoms with Gasteiger partial charge in [0.05, 0.1) is 5.92 Å². The maximum absolute atomic E-state index is 13.7. The van der Waals surface area contributed by atoms with Gasteiger partial charge in [-0.25, -0.2) is 4.39 Å². The average molecular weight is 404 g/mol. The zero-order valence-corrected chi connectivity index (χ0v) is 15.9. The average Bonchev–Trinajstić information content (AvgIpc) is 2.64. The third kappa shape index (κ3) is 5.61. The number of carbonyl (C=O) groups excluding carboxylic acids is 1. The van der Waals surface area contributed by atoms with Crippen molar-refractivity contribution < 1.29 is 33.3 Å². The summed E-state index contributed by atoms with van der Waals surface area (Å²) < 4.78 is 59.1. The van der Waals surface area contributed by atoms with Crippen molar-refractivity contribution in [2.24, 2.45) is 23.7 Å². The SMILES string of the molecule is CC1CCC(C2CCC(C(=O)Oc3ccc(OC(F)(F)F)c(F)c3)CC2)CC1.[HH]. The van der Waals surface area contributed by atoms with Crippen LogP contribution in [0.5, 0.6) is 11.5 Å². The molecule has 1 aromatic rings. The summed E-state index contributed by atoms with van der Waals surface area (Å²) in [5.41, 5.74) is 0. The zero-order chi connectivity index (χ0) is 20.3. The van der Waals surface area contributed by atoms with Gasteiger partial charge in [0.15, 0.2) is 11.6 Å². The van der Waals surface area contributed by atoms with E-state index in [1.165, 1.54) is 25.7 Å². The number of hydrogen-bond donors (Lipinski definition) is 0. The summed E-state index contributed by atoms with van der Waals surface area (Å²) in [6, 6.07) is 2.66. The highest BCUT2D eigenvalue weighted by molar-refractivity contribution is 5.75. The lowest BCUT2D eigenvalue weighted by Crippen LogP contribution is -2.29. The van der Waals surface area contributed by atoms with Crippen LogP contribution in [0.15, 0.2) is 18.2 Å². The minimum absolute atomic E-state index is 0. The third-order valence-corrected chi connectivity index (χ3v) is 6.18. The Morgan fingerprint density at radius 3 is 2.11 bits per heavy atom. The molecular formula is C21H28F4O3. The van der Waals surface area contributed by atoms with Crippen molar-refractivity contribution in [1.82, 2.24) is 0 Å². The first kappa shape index (κ1) is 20.9. The van der Waals surface area contributed by atoms with Gasteiger partial charge in [0.2, 0.25) is 0 Å². The lowest BCUT2D eigenvalue weighted by atomic mass is 9.69. The molecule has 0 bridgehead atoms. The lowest BCUT2D eigenvalue weighted by molar-refractivity contribution is -0.275. The number of benzene rings is 1. The van der Waals surface area contributed by atoms with E-state index >= 15 is 0 Å². The maximum Gasteiger partial charge on any atom is 0.573 e. The number of alkyl halides is 3. The standard InChI is InChI=1S/C21H26F4O3.H2/c1-13-2-4-14(5-3-13)15-6-8-16(9-7-15)20(26)27-17-10-11-19(18(22)12-17)28-21(23,24)25;/h10-16H,2-9H2,1H3;1H. The summed E-state index contributed by atoms with van der Waals surface area (Å²) in [4.78, 5) is 12.4. The van der Waals surface area contributed by atoms with Gasteiger partial charge in [-0.15, -0.1) is 13.2 Å². The van der Waals surface area contributed by atoms with Crippen LogP contribution < -0.4 is 9.47 Å². The van der Waals surface area contributed by atoms with Gasteiger partial charge in [0.25, 0.3) is 0 Å². The largest absolute Gasteiger partial charge is 0.573 e. The van der Waals surface area contributed by atoms with E-state index in [2.05, 4.69) is 11.7 Å². The van der Waals surface area contributed by atoms with E-state index < -0.39 is 23.9 Å². The molecule has 7 heteroatoms. The second-order valence-electron chi connectivity index (χ2n) is 8.19. The normalized spacial score (nSPS) is 28.6. The predicted octanol–water partition coefficient (Wildman–Crippen LogP) is 6.51. The molecule has 0 heterocycles. The van der Waals surface area contributed by atoms with Crippen molar-refractivity contribution >= 4 is 5.97 Å². The summed E-state index contributed by atoms with van der Waals surface area (Å²) in [5.74, 6) is -0.743. The first-order valence-electron chi connectivity index (χ1n) is 9.98. The highest BCUT2D eigenvalue weighted by Crippen LogP contribution is 2.41. The highest BCUT2D eigenvalue weighted by atomic mass is 19.4. The molecule has 0 amide bonds. The molecule has 0 spiro atoms. The summed E-state index contributed by atoms with van der Waals surface area (Å²) >= 11 is 0. The van der Waals surface area contributed by atoms with Crippen molar-refractivity contribution in [3.63, 3.8) is 0 Å². The molecule has 0 aromatic heterocycles. The van der Waals surface area contributed by atoms with Gasteiger partial charge in [0, 0.05) is 7.49 Å². The number of carbonyl (C=O) groups is 1. The fraction of sp³-hybridized carbons (Fsp3) is 0.667. The van der Waals surface area contributed by atoms with Gasteiger partial charge in [-0.2, -0.15) is 0 Å². The first-order chi connectivity index (χ1) is 13.2. The van der Waals surface area contributed by atoms with Crippen LogP contribution in [0, 0.1) is 29.5 Å². The smallest absolute Gasteiger partial charge is 0.426 e. The molecule has 2 saturated carbocycles. The number of hydrogen-bond acceptors (Lipinski definition) is 3. The van der Waals surface area contributed by atoms with Crippen LogP contribution in [0.3, 0.4) is 0 Å². The number of esters is 1. The van der Waals surface area contributed by atoms with E-state index in [1.54, 1.807) is 0 Å². The van der Waals surface area contributed by atoms with Crippen LogP contribution in [0.1, 0.15) is 59.7 Å². The van der Waals surface area contributed by atoms with E-state index in [9.17, 15) is 22.4 Å². The molecule has 0 saturated heterocycles. The molecule has 0 radical (unpaired) electrons. The minimum atomic E-state index is -4.98. The summed E-state index contributed by atoms with van der Waals surface area (Å²) in [6.45, 7) is 2.30. The fourth-order valence-electron chi connectivity index (χ4n) is 4.54. The molecule has 2 aliphatic rings. The van der Waals surface area contributed by atoms with Gasteiger partial charge in [0.1, 0.15) is 5.75 Å². The molecule has 3 rings (SSSR count). The molecule has 0 atom stereocenters. The quantitative estimate of drug-likeness (QED) is 0.326. The monoisotopic (exact) mass is 404 g/mol. The van der Waals surface area contributed by atoms with Crippen LogP contribution in [-0.4, -0.2) is 12.3 Å². The van der Waals surface area contributed by atoms with Crippen molar-refractivity contribution in [1.29, 1.82) is 0 Å². The Kier molecular flexibility index (Phi) is 6.50. The topological polar surface area (TPSA) is 35.5 Å². The second kappa shape index (κ2) is 8.70. The number of halogens is 4. The Labute approximate surface area is 163 Å². The van der Waals surface area contributed by atoms with E-state index in [0.29, 0.717) is 5.92 Å². The van der Waals surface area contributed by atoms with Crippen LogP contribution in [-0.2, 0) is 4.79 Å². The molecule has 2 aliphatic carbocycles. The Morgan fingerprint density at radius 1 is 1.00 bits per heavy atom. The minimum Gasteiger partial charge on any atom is -0.426 e. The van der Waals surface area contributed by atoms with Crippen LogP contribution >= 0.6 is 0 Å². The number of rotatable bonds is 4. The highest BCUT2D eigenvalue weighted by Gasteiger charge is 2.34. The molecule has 0 aliphatic heterocycles. The van der Waals surface area contributed by atoms with E-state index in [4.69, 9.17) is 4.74 Å². The summed E-state index contributed by atoms with van der Waals surface area (Å²) in [5, 5.41) is 0. The lowest BCUT2D eigenvalue weighted by Gasteiger charge is -2.36. The van der Waals surface area contributed by atoms with Crippen LogP contribution in [0.4, 0.5) is 17.6 Å². The summed E-state index contributed by atoms with van der Waals surface area (Å²) in [7, 11) is 0. The molecule has 0 unspecified atom stereocenters. The molecule has 3 nitrogen and oxygen atoms in total. The molecule has 1 aromatic carbocycles. The van der Waals surface area contributed by atoms with E-state index in [-0.39, 0.29) is 13.1 Å². The fourth-order valence-corrected chi connectivity index (χ4v) is 4.54. The van der Waals surface area contributed by atoms with Crippen molar-refractivity contribution in [3.8, 4) is 11.5 Å². The van der Waals surface area contributed by atoms with Gasteiger partial charge in [-0.1, -0.05) is 19.8 Å². The van der Waals surface area contributed by atoms with Gasteiger partial charge in [-0.05, 0) is 68.4 Å². The van der Waals surface area contributed by atoms with Gasteiger partial charge >= 0.3 is 12.3 Å². The van der Waals surface area contributed by atoms with Crippen molar-refractivity contribution in [2.45, 2.75) is 64.7 Å². The molecule has 28 heavy (non-hydrogen) atoms. The second-order valence-corrected chi connectivity index (χ2v) is 8.19. The zero-order valence-electron chi connectivity index (χ0n) is 15.9. The predicted molar refractivity (Wildman–Crippen MR) is 97.4 cm³/mol. The Balaban J connectivity index is 0.00000300. The van der Waals surface area contributed by atoms with E-state index in [0.717, 1.165) is 55.7 Å². The Morgan fingerprint density at radius 2 is 1.57 bits per heavy atom. The molecular weight excluding hydrogens is 376 g/mol. The maximum atomic E-state index is 13.7. The molecule has 158 valence electrons. The van der Waals surface area contributed by atoms with Gasteiger partial charge in [-0.3, -0.25) is 4.79 Å². The molecule has 2 fully saturated rings. The van der Waals surface area contributed by atoms with Gasteiger partial charge < -0.3 is 9.47 Å². The van der Waals surface area contributed by atoms with E-state index in [1.807, 2.05) is 0 Å². The third-order valence-electron chi connectivity index (χ3n) is 6.18. The van der Waals surface area contributed by atoms with Crippen molar-refractivity contribution in [3.05, 3.63) is 24.0 Å². The van der Waals surface area contributed by atoms with Crippen LogP contribution in [0.2, 0.25) is 0 Å².